The van der Waals surface area contributed by atoms with Crippen LogP contribution in [0.4, 0.5) is 5.69 Å². The number of hydrogen-bond donors (Lipinski definition) is 2. The van der Waals surface area contributed by atoms with Crippen LogP contribution in [0, 0.1) is 0 Å². The molecule has 0 saturated carbocycles. The van der Waals surface area contributed by atoms with Gasteiger partial charge in [0.1, 0.15) is 4.21 Å². The van der Waals surface area contributed by atoms with Crippen LogP contribution in [0.3, 0.4) is 0 Å². The van der Waals surface area contributed by atoms with E-state index in [9.17, 15) is 8.42 Å². The van der Waals surface area contributed by atoms with Crippen LogP contribution >= 0.6 is 34.5 Å². The Bertz CT molecular complexity index is 709. The topological polar surface area (TPSA) is 58.2 Å². The first-order valence-corrected chi connectivity index (χ1v) is 9.18. The zero-order valence-corrected chi connectivity index (χ0v) is 14.3. The van der Waals surface area contributed by atoms with E-state index < -0.39 is 10.0 Å². The minimum atomic E-state index is -3.62. The fourth-order valence-corrected chi connectivity index (χ4v) is 4.63. The lowest BCUT2D eigenvalue weighted by Crippen LogP contribution is -2.11. The fraction of sp³-hybridized carbons (Fsp3) is 0.231. The van der Waals surface area contributed by atoms with Crippen molar-refractivity contribution in [2.24, 2.45) is 0 Å². The first-order valence-electron chi connectivity index (χ1n) is 6.13. The standard InChI is InChI=1S/C13H14Cl2N2O2S2/c1-16-5-4-12-2-3-13(20-12)21(18,19)17-11-7-9(14)6-10(15)8-11/h2-3,6-8,16-17H,4-5H2,1H3. The number of thiophene rings is 1. The summed E-state index contributed by atoms with van der Waals surface area (Å²) in [6.07, 6.45) is 0.791. The van der Waals surface area contributed by atoms with Crippen molar-refractivity contribution in [1.29, 1.82) is 0 Å². The Morgan fingerprint density at radius 3 is 2.43 bits per heavy atom. The highest BCUT2D eigenvalue weighted by Crippen LogP contribution is 2.27. The molecule has 0 aliphatic rings. The summed E-state index contributed by atoms with van der Waals surface area (Å²) in [7, 11) is -1.76. The van der Waals surface area contributed by atoms with E-state index in [0.29, 0.717) is 15.7 Å². The van der Waals surface area contributed by atoms with E-state index in [4.69, 9.17) is 23.2 Å². The van der Waals surface area contributed by atoms with Gasteiger partial charge in [0, 0.05) is 14.9 Å². The normalized spacial score (nSPS) is 11.6. The third-order valence-electron chi connectivity index (χ3n) is 2.64. The Hall–Kier alpha value is -0.790. The van der Waals surface area contributed by atoms with Crippen molar-refractivity contribution in [2.45, 2.75) is 10.6 Å². The maximum absolute atomic E-state index is 12.3. The monoisotopic (exact) mass is 364 g/mol. The summed E-state index contributed by atoms with van der Waals surface area (Å²) in [5.41, 5.74) is 0.345. The molecule has 1 aromatic heterocycles. The van der Waals surface area contributed by atoms with E-state index in [2.05, 4.69) is 10.0 Å². The average Bonchev–Trinajstić information content (AvgIpc) is 2.84. The van der Waals surface area contributed by atoms with Crippen LogP contribution in [-0.2, 0) is 16.4 Å². The molecule has 114 valence electrons. The van der Waals surface area contributed by atoms with Gasteiger partial charge in [-0.2, -0.15) is 0 Å². The summed E-state index contributed by atoms with van der Waals surface area (Å²) >= 11 is 13.0. The molecule has 21 heavy (non-hydrogen) atoms. The van der Waals surface area contributed by atoms with Crippen molar-refractivity contribution in [3.05, 3.63) is 45.3 Å². The molecular formula is C13H14Cl2N2O2S2. The average molecular weight is 365 g/mol. The molecule has 2 rings (SSSR count). The number of halogens is 2. The third-order valence-corrected chi connectivity index (χ3v) is 6.09. The van der Waals surface area contributed by atoms with Crippen molar-refractivity contribution in [2.75, 3.05) is 18.3 Å². The van der Waals surface area contributed by atoms with Crippen LogP contribution in [0.15, 0.2) is 34.5 Å². The Kier molecular flexibility index (Phi) is 5.51. The lowest BCUT2D eigenvalue weighted by molar-refractivity contribution is 0.603. The van der Waals surface area contributed by atoms with Crippen LogP contribution in [0.1, 0.15) is 4.88 Å². The summed E-state index contributed by atoms with van der Waals surface area (Å²) < 4.78 is 27.4. The van der Waals surface area contributed by atoms with E-state index >= 15 is 0 Å². The summed E-state index contributed by atoms with van der Waals surface area (Å²) in [5, 5.41) is 3.78. The molecule has 0 aliphatic carbocycles. The van der Waals surface area contributed by atoms with Crippen LogP contribution < -0.4 is 10.0 Å². The van der Waals surface area contributed by atoms with Crippen LogP contribution in [0.25, 0.3) is 0 Å². The van der Waals surface area contributed by atoms with Gasteiger partial charge in [-0.05, 0) is 50.3 Å². The molecule has 0 atom stereocenters. The predicted molar refractivity (Wildman–Crippen MR) is 89.2 cm³/mol. The van der Waals surface area contributed by atoms with Gasteiger partial charge in [-0.25, -0.2) is 8.42 Å². The van der Waals surface area contributed by atoms with Crippen molar-refractivity contribution >= 4 is 50.2 Å². The van der Waals surface area contributed by atoms with Gasteiger partial charge >= 0.3 is 0 Å². The molecule has 8 heteroatoms. The number of benzene rings is 1. The van der Waals surface area contributed by atoms with Gasteiger partial charge in [0.25, 0.3) is 10.0 Å². The predicted octanol–water partition coefficient (Wildman–Crippen LogP) is 3.62. The highest BCUT2D eigenvalue weighted by atomic mass is 35.5. The minimum Gasteiger partial charge on any atom is -0.319 e. The number of anilines is 1. The van der Waals surface area contributed by atoms with E-state index in [1.807, 2.05) is 13.1 Å². The van der Waals surface area contributed by atoms with Gasteiger partial charge in [0.05, 0.1) is 5.69 Å². The van der Waals surface area contributed by atoms with Crippen LogP contribution in [0.5, 0.6) is 0 Å². The Labute approximate surface area is 138 Å². The smallest absolute Gasteiger partial charge is 0.271 e. The van der Waals surface area contributed by atoms with Gasteiger partial charge in [-0.1, -0.05) is 23.2 Å². The van der Waals surface area contributed by atoms with Gasteiger partial charge < -0.3 is 5.32 Å². The first-order chi connectivity index (χ1) is 9.90. The molecule has 0 amide bonds. The first kappa shape index (κ1) is 16.6. The van der Waals surface area contributed by atoms with E-state index in [0.717, 1.165) is 17.8 Å². The lowest BCUT2D eigenvalue weighted by Gasteiger charge is -2.07. The van der Waals surface area contributed by atoms with Gasteiger partial charge in [0.2, 0.25) is 0 Å². The Morgan fingerprint density at radius 1 is 1.14 bits per heavy atom. The molecule has 0 unspecified atom stereocenters. The van der Waals surface area contributed by atoms with Crippen molar-refractivity contribution < 1.29 is 8.42 Å². The summed E-state index contributed by atoms with van der Waals surface area (Å²) in [6.45, 7) is 0.803. The molecule has 2 aromatic rings. The Morgan fingerprint density at radius 2 is 1.81 bits per heavy atom. The van der Waals surface area contributed by atoms with Gasteiger partial charge in [-0.3, -0.25) is 4.72 Å². The molecule has 1 aromatic carbocycles. The summed E-state index contributed by atoms with van der Waals surface area (Å²) in [4.78, 5) is 1.01. The Balaban J connectivity index is 2.19. The number of nitrogens with one attached hydrogen (secondary N) is 2. The SMILES string of the molecule is CNCCc1ccc(S(=O)(=O)Nc2cc(Cl)cc(Cl)c2)s1. The molecule has 2 N–H and O–H groups in total. The van der Waals surface area contributed by atoms with E-state index in [1.165, 1.54) is 23.5 Å². The molecule has 4 nitrogen and oxygen atoms in total. The maximum atomic E-state index is 12.3. The largest absolute Gasteiger partial charge is 0.319 e. The second-order valence-corrected chi connectivity index (χ2v) is 8.29. The zero-order valence-electron chi connectivity index (χ0n) is 11.2. The molecule has 0 saturated heterocycles. The summed E-state index contributed by atoms with van der Waals surface area (Å²) in [5.74, 6) is 0. The molecule has 0 spiro atoms. The molecule has 1 heterocycles. The van der Waals surface area contributed by atoms with Gasteiger partial charge in [-0.15, -0.1) is 11.3 Å². The number of rotatable bonds is 6. The second-order valence-electron chi connectivity index (χ2n) is 4.34. The second kappa shape index (κ2) is 6.98. The third kappa shape index (κ3) is 4.59. The zero-order chi connectivity index (χ0) is 15.5. The lowest BCUT2D eigenvalue weighted by atomic mass is 10.3. The number of hydrogen-bond acceptors (Lipinski definition) is 4. The maximum Gasteiger partial charge on any atom is 0.271 e. The number of sulfonamides is 1. The highest BCUT2D eigenvalue weighted by molar-refractivity contribution is 7.94. The van der Waals surface area contributed by atoms with Crippen molar-refractivity contribution in [3.8, 4) is 0 Å². The van der Waals surface area contributed by atoms with Crippen molar-refractivity contribution in [3.63, 3.8) is 0 Å². The fourth-order valence-electron chi connectivity index (χ4n) is 1.70. The van der Waals surface area contributed by atoms with E-state index in [-0.39, 0.29) is 4.21 Å². The van der Waals surface area contributed by atoms with E-state index in [1.54, 1.807) is 12.1 Å². The highest BCUT2D eigenvalue weighted by Gasteiger charge is 2.17. The minimum absolute atomic E-state index is 0.268. The molecule has 0 radical (unpaired) electrons. The van der Waals surface area contributed by atoms with Crippen LogP contribution in [0.2, 0.25) is 10.0 Å². The number of likely N-dealkylation sites (N-methyl/N-ethyl adjacent to an activating group) is 1. The molecule has 0 fully saturated rings. The van der Waals surface area contributed by atoms with Crippen molar-refractivity contribution in [1.82, 2.24) is 5.32 Å². The van der Waals surface area contributed by atoms with Gasteiger partial charge in [0.15, 0.2) is 0 Å². The summed E-state index contributed by atoms with van der Waals surface area (Å²) in [6, 6.07) is 7.99. The molecule has 0 bridgehead atoms. The molecule has 0 aliphatic heterocycles. The molecular weight excluding hydrogens is 351 g/mol. The quantitative estimate of drug-likeness (QED) is 0.822. The van der Waals surface area contributed by atoms with Crippen LogP contribution in [-0.4, -0.2) is 22.0 Å².